The molecule has 0 radical (unpaired) electrons. The third kappa shape index (κ3) is 4.41. The minimum Gasteiger partial charge on any atom is -0.299 e. The summed E-state index contributed by atoms with van der Waals surface area (Å²) in [6.07, 6.45) is 0.894. The van der Waals surface area contributed by atoms with E-state index in [0.29, 0.717) is 39.7 Å². The highest BCUT2D eigenvalue weighted by molar-refractivity contribution is 7.12. The summed E-state index contributed by atoms with van der Waals surface area (Å²) in [6.45, 7) is 0. The van der Waals surface area contributed by atoms with E-state index in [2.05, 4.69) is 0 Å². The Balaban J connectivity index is 1.52. The molecule has 4 nitrogen and oxygen atoms in total. The Labute approximate surface area is 223 Å². The van der Waals surface area contributed by atoms with Crippen molar-refractivity contribution in [2.75, 3.05) is 4.90 Å². The van der Waals surface area contributed by atoms with Crippen LogP contribution in [0.2, 0.25) is 5.02 Å². The van der Waals surface area contributed by atoms with Gasteiger partial charge in [-0.25, -0.2) is 4.39 Å². The number of hydrogen-bond acceptors (Lipinski definition) is 4. The number of thiophene rings is 1. The molecule has 0 spiro atoms. The predicted octanol–water partition coefficient (Wildman–Crippen LogP) is 7.78. The van der Waals surface area contributed by atoms with E-state index in [4.69, 9.17) is 16.6 Å². The van der Waals surface area contributed by atoms with Crippen LogP contribution < -0.4 is 4.90 Å². The minimum absolute atomic E-state index is 0.0102. The van der Waals surface area contributed by atoms with E-state index in [9.17, 15) is 14.0 Å². The van der Waals surface area contributed by atoms with Crippen molar-refractivity contribution in [3.63, 3.8) is 0 Å². The molecule has 1 aromatic heterocycles. The lowest BCUT2D eigenvalue weighted by Crippen LogP contribution is -2.45. The predicted molar refractivity (Wildman–Crippen MR) is 146 cm³/mol. The van der Waals surface area contributed by atoms with Crippen LogP contribution in [0, 0.1) is 11.7 Å². The van der Waals surface area contributed by atoms with Gasteiger partial charge in [0.2, 0.25) is 0 Å². The SMILES string of the molecule is O=C1CC(c2ccc(Cl)cc2)CC2=Nc3ccccc3N(C(=O)c3cccs3)C(c3ccc(F)cc3)C12. The molecule has 1 saturated carbocycles. The number of para-hydroxylation sites is 2. The third-order valence-corrected chi connectivity index (χ3v) is 8.22. The summed E-state index contributed by atoms with van der Waals surface area (Å²) in [7, 11) is 0. The number of benzene rings is 3. The van der Waals surface area contributed by atoms with Crippen LogP contribution in [0.3, 0.4) is 0 Å². The fourth-order valence-corrected chi connectivity index (χ4v) is 6.21. The number of Topliss-reactive ketones (excluding diaryl/α,β-unsaturated/α-hetero) is 1. The molecule has 3 atom stereocenters. The minimum atomic E-state index is -0.656. The van der Waals surface area contributed by atoms with Gasteiger partial charge < -0.3 is 0 Å². The first kappa shape index (κ1) is 23.8. The Morgan fingerprint density at radius 2 is 1.65 bits per heavy atom. The summed E-state index contributed by atoms with van der Waals surface area (Å²) in [4.78, 5) is 35.3. The molecular formula is C30H22ClFN2O2S. The Morgan fingerprint density at radius 1 is 0.919 bits per heavy atom. The maximum absolute atomic E-state index is 14.0. The summed E-state index contributed by atoms with van der Waals surface area (Å²) in [5, 5.41) is 2.50. The van der Waals surface area contributed by atoms with Crippen LogP contribution in [0.25, 0.3) is 0 Å². The zero-order valence-electron chi connectivity index (χ0n) is 19.7. The molecule has 0 bridgehead atoms. The number of ketones is 1. The lowest BCUT2D eigenvalue weighted by atomic mass is 9.72. The van der Waals surface area contributed by atoms with Gasteiger partial charge in [-0.15, -0.1) is 11.3 Å². The van der Waals surface area contributed by atoms with Gasteiger partial charge in [0.1, 0.15) is 11.6 Å². The van der Waals surface area contributed by atoms with Crippen molar-refractivity contribution < 1.29 is 14.0 Å². The molecule has 2 aliphatic rings. The van der Waals surface area contributed by atoms with Gasteiger partial charge in [0.15, 0.2) is 0 Å². The topological polar surface area (TPSA) is 49.7 Å². The number of nitrogens with zero attached hydrogens (tertiary/aromatic N) is 2. The number of hydrogen-bond donors (Lipinski definition) is 0. The molecule has 2 heterocycles. The Morgan fingerprint density at radius 3 is 2.38 bits per heavy atom. The Kier molecular flexibility index (Phi) is 6.22. The van der Waals surface area contributed by atoms with Crippen molar-refractivity contribution in [2.45, 2.75) is 24.8 Å². The molecule has 4 aromatic rings. The van der Waals surface area contributed by atoms with Gasteiger partial charge in [0.25, 0.3) is 5.91 Å². The lowest BCUT2D eigenvalue weighted by Gasteiger charge is -2.38. The lowest BCUT2D eigenvalue weighted by molar-refractivity contribution is -0.122. The number of carbonyl (C=O) groups is 2. The van der Waals surface area contributed by atoms with Gasteiger partial charge in [0.05, 0.1) is 28.2 Å². The second kappa shape index (κ2) is 9.69. The molecule has 3 unspecified atom stereocenters. The van der Waals surface area contributed by atoms with Crippen LogP contribution in [-0.2, 0) is 4.79 Å². The Hall–Kier alpha value is -3.61. The van der Waals surface area contributed by atoms with Gasteiger partial charge >= 0.3 is 0 Å². The normalized spacial score (nSPS) is 21.0. The number of fused-ring (bicyclic) bond motifs is 2. The largest absolute Gasteiger partial charge is 0.299 e. The summed E-state index contributed by atoms with van der Waals surface area (Å²) >= 11 is 7.45. The maximum atomic E-state index is 14.0. The van der Waals surface area contributed by atoms with E-state index in [0.717, 1.165) is 11.3 Å². The average Bonchev–Trinajstić information content (AvgIpc) is 3.39. The van der Waals surface area contributed by atoms with E-state index < -0.39 is 12.0 Å². The summed E-state index contributed by atoms with van der Waals surface area (Å²) in [5.41, 5.74) is 3.73. The molecule has 184 valence electrons. The zero-order valence-corrected chi connectivity index (χ0v) is 21.3. The van der Waals surface area contributed by atoms with Crippen molar-refractivity contribution in [1.82, 2.24) is 0 Å². The van der Waals surface area contributed by atoms with Crippen LogP contribution in [0.5, 0.6) is 0 Å². The van der Waals surface area contributed by atoms with Gasteiger partial charge in [-0.1, -0.05) is 54.1 Å². The molecule has 1 aliphatic carbocycles. The molecule has 1 aliphatic heterocycles. The fraction of sp³-hybridized carbons (Fsp3) is 0.167. The second-order valence-electron chi connectivity index (χ2n) is 9.34. The first-order valence-electron chi connectivity index (χ1n) is 12.1. The first-order chi connectivity index (χ1) is 18.0. The highest BCUT2D eigenvalue weighted by Gasteiger charge is 2.46. The van der Waals surface area contributed by atoms with Crippen molar-refractivity contribution in [3.8, 4) is 0 Å². The quantitative estimate of drug-likeness (QED) is 0.272. The van der Waals surface area contributed by atoms with Gasteiger partial charge in [-0.3, -0.25) is 19.5 Å². The molecular weight excluding hydrogens is 507 g/mol. The van der Waals surface area contributed by atoms with Crippen molar-refractivity contribution >= 4 is 51.7 Å². The van der Waals surface area contributed by atoms with Gasteiger partial charge in [0, 0.05) is 17.2 Å². The van der Waals surface area contributed by atoms with Crippen LogP contribution in [0.4, 0.5) is 15.8 Å². The Bertz CT molecular complexity index is 1500. The summed E-state index contributed by atoms with van der Waals surface area (Å²) < 4.78 is 14.0. The monoisotopic (exact) mass is 528 g/mol. The molecule has 3 aromatic carbocycles. The third-order valence-electron chi connectivity index (χ3n) is 7.11. The van der Waals surface area contributed by atoms with Gasteiger partial charge in [-0.05, 0) is 71.3 Å². The van der Waals surface area contributed by atoms with E-state index >= 15 is 0 Å². The van der Waals surface area contributed by atoms with E-state index in [1.807, 2.05) is 60.0 Å². The number of anilines is 1. The first-order valence-corrected chi connectivity index (χ1v) is 13.3. The van der Waals surface area contributed by atoms with Gasteiger partial charge in [-0.2, -0.15) is 0 Å². The number of amides is 1. The van der Waals surface area contributed by atoms with Crippen molar-refractivity contribution in [2.24, 2.45) is 10.9 Å². The maximum Gasteiger partial charge on any atom is 0.269 e. The number of rotatable bonds is 3. The van der Waals surface area contributed by atoms with Crippen LogP contribution in [-0.4, -0.2) is 17.4 Å². The molecule has 1 amide bonds. The molecule has 6 rings (SSSR count). The van der Waals surface area contributed by atoms with E-state index in [-0.39, 0.29) is 23.4 Å². The molecule has 0 N–H and O–H groups in total. The van der Waals surface area contributed by atoms with Crippen molar-refractivity contribution in [3.05, 3.63) is 117 Å². The second-order valence-corrected chi connectivity index (χ2v) is 10.7. The molecule has 1 fully saturated rings. The van der Waals surface area contributed by atoms with Crippen LogP contribution in [0.1, 0.15) is 45.6 Å². The summed E-state index contributed by atoms with van der Waals surface area (Å²) in [6, 6.07) is 24.1. The highest BCUT2D eigenvalue weighted by atomic mass is 35.5. The number of aliphatic imine (C=N–C) groups is 1. The smallest absolute Gasteiger partial charge is 0.269 e. The highest BCUT2D eigenvalue weighted by Crippen LogP contribution is 2.48. The summed E-state index contributed by atoms with van der Waals surface area (Å²) in [5.74, 6) is -1.26. The van der Waals surface area contributed by atoms with Crippen LogP contribution in [0.15, 0.2) is 95.3 Å². The van der Waals surface area contributed by atoms with Crippen LogP contribution >= 0.6 is 22.9 Å². The molecule has 37 heavy (non-hydrogen) atoms. The number of carbonyl (C=O) groups excluding carboxylic acids is 2. The zero-order chi connectivity index (χ0) is 25.5. The molecule has 7 heteroatoms. The van der Waals surface area contributed by atoms with E-state index in [1.165, 1.54) is 23.5 Å². The van der Waals surface area contributed by atoms with E-state index in [1.54, 1.807) is 23.1 Å². The average molecular weight is 529 g/mol. The van der Waals surface area contributed by atoms with Crippen molar-refractivity contribution in [1.29, 1.82) is 0 Å². The standard InChI is InChI=1S/C30H22ClFN2O2S/c31-21-11-7-18(8-12-21)20-16-24-28(26(35)17-20)29(19-9-13-22(32)14-10-19)34(30(36)27-6-3-15-37-27)25-5-2-1-4-23(25)33-24/h1-15,20,28-29H,16-17H2. The number of halogens is 2. The molecule has 0 saturated heterocycles. The fourth-order valence-electron chi connectivity index (χ4n) is 5.42.